The van der Waals surface area contributed by atoms with Crippen LogP contribution < -0.4 is 5.32 Å². The van der Waals surface area contributed by atoms with Gasteiger partial charge in [0.05, 0.1) is 5.56 Å². The van der Waals surface area contributed by atoms with Gasteiger partial charge in [-0.05, 0) is 67.0 Å². The van der Waals surface area contributed by atoms with Crippen LogP contribution in [0.15, 0.2) is 36.4 Å². The molecular weight excluding hydrogens is 525 g/mol. The van der Waals surface area contributed by atoms with E-state index in [1.165, 1.54) is 11.0 Å². The number of alkyl halides is 3. The van der Waals surface area contributed by atoms with Crippen molar-refractivity contribution in [2.45, 2.75) is 57.3 Å². The lowest BCUT2D eigenvalue weighted by Crippen LogP contribution is -2.52. The first kappa shape index (κ1) is 26.1. The number of piperidine rings is 2. The largest absolute Gasteiger partial charge is 0.416 e. The molecule has 0 bridgehead atoms. The highest BCUT2D eigenvalue weighted by molar-refractivity contribution is 6.05. The normalized spacial score (nSPS) is 20.3. The van der Waals surface area contributed by atoms with E-state index in [1.54, 1.807) is 17.9 Å². The Bertz CT molecular complexity index is 1570. The van der Waals surface area contributed by atoms with Gasteiger partial charge in [-0.1, -0.05) is 18.2 Å². The molecule has 8 nitrogen and oxygen atoms in total. The van der Waals surface area contributed by atoms with E-state index in [9.17, 15) is 32.3 Å². The lowest BCUT2D eigenvalue weighted by Gasteiger charge is -2.32. The molecule has 0 saturated carbocycles. The Morgan fingerprint density at radius 2 is 1.75 bits per heavy atom. The van der Waals surface area contributed by atoms with Gasteiger partial charge in [0.25, 0.3) is 11.8 Å². The van der Waals surface area contributed by atoms with E-state index in [2.05, 4.69) is 10.3 Å². The first-order valence-electron chi connectivity index (χ1n) is 13.3. The van der Waals surface area contributed by atoms with Crippen molar-refractivity contribution < 1.29 is 32.3 Å². The summed E-state index contributed by atoms with van der Waals surface area (Å²) in [5, 5.41) is 2.90. The van der Waals surface area contributed by atoms with E-state index in [0.29, 0.717) is 61.1 Å². The quantitative estimate of drug-likeness (QED) is 0.474. The number of halogens is 3. The number of nitrogens with one attached hydrogen (secondary N) is 2. The Hall–Kier alpha value is -4.15. The third-order valence-electron chi connectivity index (χ3n) is 8.40. The minimum atomic E-state index is -4.46. The Labute approximate surface area is 227 Å². The zero-order valence-electron chi connectivity index (χ0n) is 21.7. The molecule has 0 aliphatic carbocycles. The topological polar surface area (TPSA) is 103 Å². The number of carbonyl (C=O) groups excluding carboxylic acids is 4. The average molecular weight is 553 g/mol. The van der Waals surface area contributed by atoms with Crippen LogP contribution in [0.5, 0.6) is 0 Å². The van der Waals surface area contributed by atoms with Crippen molar-refractivity contribution in [1.29, 1.82) is 0 Å². The van der Waals surface area contributed by atoms with Crippen LogP contribution >= 0.6 is 0 Å². The Morgan fingerprint density at radius 1 is 1.00 bits per heavy atom. The number of H-pyrrole nitrogens is 1. The number of aryl methyl sites for hydroxylation is 1. The molecule has 6 rings (SSSR count). The monoisotopic (exact) mass is 552 g/mol. The predicted octanol–water partition coefficient (Wildman–Crippen LogP) is 4.28. The summed E-state index contributed by atoms with van der Waals surface area (Å²) in [6.07, 6.45) is -2.55. The van der Waals surface area contributed by atoms with Crippen LogP contribution in [0.4, 0.5) is 13.2 Å². The highest BCUT2D eigenvalue weighted by Crippen LogP contribution is 2.35. The van der Waals surface area contributed by atoms with Crippen molar-refractivity contribution in [1.82, 2.24) is 20.1 Å². The number of rotatable bonds is 3. The zero-order valence-corrected chi connectivity index (χ0v) is 21.7. The molecule has 4 amide bonds. The minimum Gasteiger partial charge on any atom is -0.350 e. The number of benzene rings is 2. The zero-order chi connectivity index (χ0) is 28.3. The second-order valence-corrected chi connectivity index (χ2v) is 10.8. The van der Waals surface area contributed by atoms with Gasteiger partial charge in [0.2, 0.25) is 11.8 Å². The molecule has 3 aromatic rings. The summed E-state index contributed by atoms with van der Waals surface area (Å²) in [4.78, 5) is 56.3. The van der Waals surface area contributed by atoms with Crippen LogP contribution in [0.3, 0.4) is 0 Å². The first-order valence-corrected chi connectivity index (χ1v) is 13.3. The number of hydrogen-bond donors (Lipinski definition) is 2. The molecule has 1 unspecified atom stereocenters. The summed E-state index contributed by atoms with van der Waals surface area (Å²) in [7, 11) is 0. The van der Waals surface area contributed by atoms with Gasteiger partial charge in [0.1, 0.15) is 11.7 Å². The molecular formula is C29H27F3N4O4. The summed E-state index contributed by atoms with van der Waals surface area (Å²) in [6.45, 7) is 3.02. The smallest absolute Gasteiger partial charge is 0.350 e. The summed E-state index contributed by atoms with van der Waals surface area (Å²) in [6, 6.07) is 8.51. The van der Waals surface area contributed by atoms with Gasteiger partial charge >= 0.3 is 6.18 Å². The lowest BCUT2D eigenvalue weighted by atomic mass is 9.87. The highest BCUT2D eigenvalue weighted by atomic mass is 19.4. The summed E-state index contributed by atoms with van der Waals surface area (Å²) >= 11 is 0. The minimum absolute atomic E-state index is 0.173. The van der Waals surface area contributed by atoms with E-state index in [0.717, 1.165) is 23.3 Å². The van der Waals surface area contributed by atoms with Crippen LogP contribution in [0.25, 0.3) is 10.9 Å². The van der Waals surface area contributed by atoms with Crippen molar-refractivity contribution in [2.75, 3.05) is 13.1 Å². The highest BCUT2D eigenvalue weighted by Gasteiger charge is 2.39. The van der Waals surface area contributed by atoms with Crippen LogP contribution in [-0.4, -0.2) is 57.5 Å². The molecule has 2 N–H and O–H groups in total. The predicted molar refractivity (Wildman–Crippen MR) is 138 cm³/mol. The van der Waals surface area contributed by atoms with Gasteiger partial charge in [-0.15, -0.1) is 0 Å². The number of imide groups is 1. The number of hydrogen-bond acceptors (Lipinski definition) is 4. The number of fused-ring (bicyclic) bond motifs is 2. The van der Waals surface area contributed by atoms with Crippen molar-refractivity contribution in [3.05, 3.63) is 69.9 Å². The third kappa shape index (κ3) is 4.43. The van der Waals surface area contributed by atoms with Crippen molar-refractivity contribution in [3.63, 3.8) is 0 Å². The number of aromatic nitrogens is 1. The molecule has 40 heavy (non-hydrogen) atoms. The fourth-order valence-corrected chi connectivity index (χ4v) is 6.15. The standard InChI is InChI=1S/C29H27F3N4O4/c1-15-20-5-3-19(29(30,31)32)13-22(20)33-25(15)28(40)35-10-8-16(9-11-35)17-2-4-21-18(12-17)14-36(27(21)39)23-6-7-24(37)34-26(23)38/h2-5,12-13,16,23,33H,6-11,14H2,1H3,(H,34,37,38). The molecule has 2 fully saturated rings. The second-order valence-electron chi connectivity index (χ2n) is 10.8. The number of aromatic amines is 1. The van der Waals surface area contributed by atoms with Gasteiger partial charge in [-0.2, -0.15) is 13.2 Å². The molecule has 1 aromatic heterocycles. The van der Waals surface area contributed by atoms with Crippen LogP contribution in [-0.2, 0) is 22.3 Å². The van der Waals surface area contributed by atoms with E-state index >= 15 is 0 Å². The van der Waals surface area contributed by atoms with Crippen molar-refractivity contribution in [2.24, 2.45) is 0 Å². The maximum Gasteiger partial charge on any atom is 0.416 e. The average Bonchev–Trinajstić information content (AvgIpc) is 3.43. The summed E-state index contributed by atoms with van der Waals surface area (Å²) in [5.41, 5.74) is 2.91. The molecule has 0 spiro atoms. The molecule has 3 aliphatic rings. The maximum atomic E-state index is 13.3. The number of carbonyl (C=O) groups is 4. The van der Waals surface area contributed by atoms with Gasteiger partial charge < -0.3 is 14.8 Å². The number of amides is 4. The molecule has 0 radical (unpaired) electrons. The summed E-state index contributed by atoms with van der Waals surface area (Å²) in [5.74, 6) is -1.05. The van der Waals surface area contributed by atoms with Gasteiger partial charge in [-0.3, -0.25) is 24.5 Å². The van der Waals surface area contributed by atoms with E-state index in [4.69, 9.17) is 0 Å². The van der Waals surface area contributed by atoms with Gasteiger partial charge in [0.15, 0.2) is 0 Å². The maximum absolute atomic E-state index is 13.3. The molecule has 11 heteroatoms. The molecule has 1 atom stereocenters. The van der Waals surface area contributed by atoms with E-state index in [1.807, 2.05) is 12.1 Å². The van der Waals surface area contributed by atoms with E-state index < -0.39 is 23.7 Å². The summed E-state index contributed by atoms with van der Waals surface area (Å²) < 4.78 is 39.4. The third-order valence-corrected chi connectivity index (χ3v) is 8.40. The number of nitrogens with zero attached hydrogens (tertiary/aromatic N) is 2. The Kier molecular flexibility index (Phi) is 6.19. The van der Waals surface area contributed by atoms with Crippen LogP contribution in [0.2, 0.25) is 0 Å². The fraction of sp³-hybridized carbons (Fsp3) is 0.379. The fourth-order valence-electron chi connectivity index (χ4n) is 6.15. The molecule has 2 aromatic carbocycles. The Morgan fingerprint density at radius 3 is 2.45 bits per heavy atom. The SMILES string of the molecule is Cc1c(C(=O)N2CCC(c3ccc4c(c3)CN(C3CCC(=O)NC3=O)C4=O)CC2)[nH]c2cc(C(F)(F)F)ccc12. The number of likely N-dealkylation sites (tertiary alicyclic amines) is 1. The van der Waals surface area contributed by atoms with E-state index in [-0.39, 0.29) is 35.6 Å². The molecule has 4 heterocycles. The molecule has 208 valence electrons. The first-order chi connectivity index (χ1) is 19.0. The van der Waals surface area contributed by atoms with Crippen molar-refractivity contribution >= 4 is 34.5 Å². The Balaban J connectivity index is 1.13. The molecule has 3 aliphatic heterocycles. The molecule has 2 saturated heterocycles. The lowest BCUT2D eigenvalue weighted by molar-refractivity contribution is -0.138. The van der Waals surface area contributed by atoms with Crippen LogP contribution in [0, 0.1) is 6.92 Å². The van der Waals surface area contributed by atoms with Crippen molar-refractivity contribution in [3.8, 4) is 0 Å². The van der Waals surface area contributed by atoms with Crippen LogP contribution in [0.1, 0.15) is 74.7 Å². The second kappa shape index (κ2) is 9.50. The van der Waals surface area contributed by atoms with Gasteiger partial charge in [0, 0.05) is 42.5 Å². The van der Waals surface area contributed by atoms with Gasteiger partial charge in [-0.25, -0.2) is 0 Å².